The number of fused-ring (bicyclic) bond motifs is 1. The minimum absolute atomic E-state index is 0.349. The lowest BCUT2D eigenvalue weighted by Gasteiger charge is -2.31. The summed E-state index contributed by atoms with van der Waals surface area (Å²) >= 11 is 0. The van der Waals surface area contributed by atoms with E-state index in [2.05, 4.69) is 25.7 Å². The monoisotopic (exact) mass is 196 g/mol. The standard InChI is InChI=1S/C12H24N2/c1-12(2,3)14-7-9-4-5-11(13)6-10(9)8-14/h9-11H,4-8,13H2,1-3H3/t9-,10+,11-/m1/s1. The lowest BCUT2D eigenvalue weighted by atomic mass is 9.79. The van der Waals surface area contributed by atoms with Crippen molar-refractivity contribution in [2.24, 2.45) is 17.6 Å². The first-order valence-electron chi connectivity index (χ1n) is 5.97. The van der Waals surface area contributed by atoms with Crippen molar-refractivity contribution in [1.29, 1.82) is 0 Å². The maximum Gasteiger partial charge on any atom is 0.0125 e. The summed E-state index contributed by atoms with van der Waals surface area (Å²) < 4.78 is 0. The topological polar surface area (TPSA) is 29.3 Å². The molecule has 1 heterocycles. The number of rotatable bonds is 0. The quantitative estimate of drug-likeness (QED) is 0.640. The first-order chi connectivity index (χ1) is 6.47. The van der Waals surface area contributed by atoms with Crippen LogP contribution in [0.3, 0.4) is 0 Å². The number of likely N-dealkylation sites (tertiary alicyclic amines) is 1. The highest BCUT2D eigenvalue weighted by molar-refractivity contribution is 4.94. The van der Waals surface area contributed by atoms with Gasteiger partial charge in [0.2, 0.25) is 0 Å². The summed E-state index contributed by atoms with van der Waals surface area (Å²) in [5.41, 5.74) is 6.38. The lowest BCUT2D eigenvalue weighted by molar-refractivity contribution is 0.165. The molecule has 0 spiro atoms. The van der Waals surface area contributed by atoms with Crippen molar-refractivity contribution >= 4 is 0 Å². The number of hydrogen-bond donors (Lipinski definition) is 1. The van der Waals surface area contributed by atoms with Crippen molar-refractivity contribution < 1.29 is 0 Å². The fourth-order valence-corrected chi connectivity index (χ4v) is 3.02. The van der Waals surface area contributed by atoms with E-state index in [9.17, 15) is 0 Å². The predicted octanol–water partition coefficient (Wildman–Crippen LogP) is 1.84. The smallest absolute Gasteiger partial charge is 0.0125 e. The Morgan fingerprint density at radius 1 is 1.07 bits per heavy atom. The van der Waals surface area contributed by atoms with Crippen LogP contribution in [-0.4, -0.2) is 29.6 Å². The van der Waals surface area contributed by atoms with Crippen LogP contribution in [0.1, 0.15) is 40.0 Å². The Hall–Kier alpha value is -0.0800. The third kappa shape index (κ3) is 1.96. The largest absolute Gasteiger partial charge is 0.328 e. The molecule has 2 rings (SSSR count). The second-order valence-electron chi connectivity index (χ2n) is 6.17. The van der Waals surface area contributed by atoms with Gasteiger partial charge in [0, 0.05) is 24.7 Å². The van der Waals surface area contributed by atoms with Crippen LogP contribution in [0.25, 0.3) is 0 Å². The molecule has 1 saturated carbocycles. The van der Waals surface area contributed by atoms with E-state index < -0.39 is 0 Å². The third-order valence-corrected chi connectivity index (χ3v) is 4.04. The zero-order valence-corrected chi connectivity index (χ0v) is 9.79. The normalized spacial score (nSPS) is 39.9. The molecule has 0 unspecified atom stereocenters. The van der Waals surface area contributed by atoms with Crippen LogP contribution in [0.2, 0.25) is 0 Å². The van der Waals surface area contributed by atoms with E-state index in [1.165, 1.54) is 32.4 Å². The Labute approximate surface area is 87.8 Å². The van der Waals surface area contributed by atoms with E-state index in [0.29, 0.717) is 11.6 Å². The van der Waals surface area contributed by atoms with Crippen LogP contribution in [0, 0.1) is 11.8 Å². The molecule has 0 amide bonds. The van der Waals surface area contributed by atoms with Crippen LogP contribution < -0.4 is 5.73 Å². The van der Waals surface area contributed by atoms with Crippen LogP contribution >= 0.6 is 0 Å². The average molecular weight is 196 g/mol. The maximum atomic E-state index is 6.03. The van der Waals surface area contributed by atoms with Crippen molar-refractivity contribution in [3.63, 3.8) is 0 Å². The Morgan fingerprint density at radius 2 is 1.71 bits per heavy atom. The molecule has 2 aliphatic rings. The highest BCUT2D eigenvalue weighted by atomic mass is 15.2. The van der Waals surface area contributed by atoms with Crippen molar-refractivity contribution in [2.75, 3.05) is 13.1 Å². The molecule has 0 aromatic carbocycles. The third-order valence-electron chi connectivity index (χ3n) is 4.04. The maximum absolute atomic E-state index is 6.03. The van der Waals surface area contributed by atoms with Gasteiger partial charge in [-0.2, -0.15) is 0 Å². The first kappa shape index (κ1) is 10.4. The molecule has 1 aliphatic carbocycles. The summed E-state index contributed by atoms with van der Waals surface area (Å²) in [6.45, 7) is 9.56. The van der Waals surface area contributed by atoms with Crippen molar-refractivity contribution in [2.45, 2.75) is 51.6 Å². The molecule has 0 aromatic heterocycles. The Kier molecular flexibility index (Phi) is 2.61. The van der Waals surface area contributed by atoms with Gasteiger partial charge in [-0.3, -0.25) is 4.90 Å². The predicted molar refractivity (Wildman–Crippen MR) is 60.1 cm³/mol. The molecule has 1 saturated heterocycles. The van der Waals surface area contributed by atoms with Gasteiger partial charge in [0.1, 0.15) is 0 Å². The van der Waals surface area contributed by atoms with Gasteiger partial charge in [-0.15, -0.1) is 0 Å². The van der Waals surface area contributed by atoms with E-state index >= 15 is 0 Å². The van der Waals surface area contributed by atoms with E-state index in [4.69, 9.17) is 5.73 Å². The fraction of sp³-hybridized carbons (Fsp3) is 1.00. The molecular weight excluding hydrogens is 172 g/mol. The number of nitrogens with zero attached hydrogens (tertiary/aromatic N) is 1. The van der Waals surface area contributed by atoms with E-state index in [0.717, 1.165) is 11.8 Å². The Bertz CT molecular complexity index is 207. The molecule has 3 atom stereocenters. The molecule has 2 fully saturated rings. The van der Waals surface area contributed by atoms with Crippen LogP contribution in [-0.2, 0) is 0 Å². The SMILES string of the molecule is CC(C)(C)N1C[C@H]2CC[C@@H](N)C[C@H]2C1. The zero-order valence-electron chi connectivity index (χ0n) is 9.79. The van der Waals surface area contributed by atoms with Gasteiger partial charge < -0.3 is 5.73 Å². The fourth-order valence-electron chi connectivity index (χ4n) is 3.02. The summed E-state index contributed by atoms with van der Waals surface area (Å²) in [6, 6.07) is 0.483. The summed E-state index contributed by atoms with van der Waals surface area (Å²) in [5.74, 6) is 1.83. The molecule has 0 aromatic rings. The lowest BCUT2D eigenvalue weighted by Crippen LogP contribution is -2.39. The van der Waals surface area contributed by atoms with E-state index in [1.54, 1.807) is 0 Å². The highest BCUT2D eigenvalue weighted by Gasteiger charge is 2.39. The zero-order chi connectivity index (χ0) is 10.3. The summed E-state index contributed by atoms with van der Waals surface area (Å²) in [7, 11) is 0. The first-order valence-corrected chi connectivity index (χ1v) is 5.97. The van der Waals surface area contributed by atoms with Gasteiger partial charge in [0.15, 0.2) is 0 Å². The minimum atomic E-state index is 0.349. The van der Waals surface area contributed by atoms with Crippen molar-refractivity contribution in [1.82, 2.24) is 4.90 Å². The molecule has 0 bridgehead atoms. The van der Waals surface area contributed by atoms with E-state index in [1.807, 2.05) is 0 Å². The Balaban J connectivity index is 1.99. The molecule has 2 heteroatoms. The van der Waals surface area contributed by atoms with Crippen LogP contribution in [0.4, 0.5) is 0 Å². The number of nitrogens with two attached hydrogens (primary N) is 1. The molecule has 82 valence electrons. The highest BCUT2D eigenvalue weighted by Crippen LogP contribution is 2.38. The second kappa shape index (κ2) is 3.49. The van der Waals surface area contributed by atoms with Crippen molar-refractivity contribution in [3.05, 3.63) is 0 Å². The van der Waals surface area contributed by atoms with Gasteiger partial charge in [-0.25, -0.2) is 0 Å². The molecule has 14 heavy (non-hydrogen) atoms. The van der Waals surface area contributed by atoms with Crippen LogP contribution in [0.5, 0.6) is 0 Å². The van der Waals surface area contributed by atoms with Gasteiger partial charge in [0.05, 0.1) is 0 Å². The van der Waals surface area contributed by atoms with Gasteiger partial charge in [-0.05, 0) is 51.9 Å². The molecule has 1 aliphatic heterocycles. The van der Waals surface area contributed by atoms with Crippen molar-refractivity contribution in [3.8, 4) is 0 Å². The Morgan fingerprint density at radius 3 is 2.36 bits per heavy atom. The molecule has 0 radical (unpaired) electrons. The van der Waals surface area contributed by atoms with Gasteiger partial charge in [0.25, 0.3) is 0 Å². The summed E-state index contributed by atoms with van der Waals surface area (Å²) in [4.78, 5) is 2.64. The average Bonchev–Trinajstić information content (AvgIpc) is 2.45. The van der Waals surface area contributed by atoms with Gasteiger partial charge >= 0.3 is 0 Å². The summed E-state index contributed by atoms with van der Waals surface area (Å²) in [6.07, 6.45) is 3.87. The summed E-state index contributed by atoms with van der Waals surface area (Å²) in [5, 5.41) is 0. The molecular formula is C12H24N2. The molecule has 2 nitrogen and oxygen atoms in total. The van der Waals surface area contributed by atoms with E-state index in [-0.39, 0.29) is 0 Å². The minimum Gasteiger partial charge on any atom is -0.328 e. The van der Waals surface area contributed by atoms with Crippen LogP contribution in [0.15, 0.2) is 0 Å². The number of hydrogen-bond acceptors (Lipinski definition) is 2. The molecule has 2 N–H and O–H groups in total. The van der Waals surface area contributed by atoms with Gasteiger partial charge in [-0.1, -0.05) is 0 Å². The second-order valence-corrected chi connectivity index (χ2v) is 6.17.